The highest BCUT2D eigenvalue weighted by atomic mass is 14.6. The Morgan fingerprint density at radius 2 is 1.89 bits per heavy atom. The van der Waals surface area contributed by atoms with Crippen LogP contribution in [0.15, 0.2) is 24.3 Å². The van der Waals surface area contributed by atoms with E-state index in [4.69, 9.17) is 0 Å². The van der Waals surface area contributed by atoms with Crippen molar-refractivity contribution in [2.45, 2.75) is 51.9 Å². The largest absolute Gasteiger partial charge is 0.0882 e. The zero-order valence-electron chi connectivity index (χ0n) is 11.6. The lowest BCUT2D eigenvalue weighted by Gasteiger charge is -2.53. The standard InChI is InChI=1S/C18H26/c1-18-11-4-7-17(18)16-9-8-13-5-2-3-6-14(13)15(16)10-12-18/h2,4-5,11,13-17H,3,6-10,12H2,1H3/t13?,14-,15+,16+,17-,18-/m0/s1. The van der Waals surface area contributed by atoms with Crippen LogP contribution in [0.2, 0.25) is 0 Å². The Morgan fingerprint density at radius 1 is 0.944 bits per heavy atom. The summed E-state index contributed by atoms with van der Waals surface area (Å²) in [7, 11) is 0. The molecule has 2 saturated carbocycles. The van der Waals surface area contributed by atoms with E-state index in [-0.39, 0.29) is 0 Å². The first-order valence-corrected chi connectivity index (χ1v) is 8.12. The predicted molar refractivity (Wildman–Crippen MR) is 76.2 cm³/mol. The SMILES string of the molecule is C[C@@]12C=CC[C@H]1[C@@H]1CCC3C=CCC[C@@H]3[C@H]1CC2. The summed E-state index contributed by atoms with van der Waals surface area (Å²) in [5.41, 5.74) is 0.568. The molecule has 98 valence electrons. The minimum absolute atomic E-state index is 0.568. The van der Waals surface area contributed by atoms with E-state index in [0.29, 0.717) is 5.41 Å². The molecule has 0 nitrogen and oxygen atoms in total. The summed E-state index contributed by atoms with van der Waals surface area (Å²) < 4.78 is 0. The fraction of sp³-hybridized carbons (Fsp3) is 0.778. The van der Waals surface area contributed by atoms with Crippen LogP contribution < -0.4 is 0 Å². The van der Waals surface area contributed by atoms with Crippen molar-refractivity contribution in [1.82, 2.24) is 0 Å². The van der Waals surface area contributed by atoms with Crippen molar-refractivity contribution >= 4 is 0 Å². The van der Waals surface area contributed by atoms with Gasteiger partial charge in [0, 0.05) is 0 Å². The minimum Gasteiger partial charge on any atom is -0.0882 e. The second-order valence-electron chi connectivity index (χ2n) is 7.53. The molecule has 0 spiro atoms. The van der Waals surface area contributed by atoms with Crippen LogP contribution in [-0.2, 0) is 0 Å². The van der Waals surface area contributed by atoms with Crippen molar-refractivity contribution in [3.05, 3.63) is 24.3 Å². The number of rotatable bonds is 0. The molecule has 0 aromatic heterocycles. The summed E-state index contributed by atoms with van der Waals surface area (Å²) in [5, 5.41) is 0. The normalized spacial score (nSPS) is 53.7. The molecule has 0 aromatic rings. The van der Waals surface area contributed by atoms with E-state index in [1.165, 1.54) is 44.9 Å². The molecule has 0 radical (unpaired) electrons. The summed E-state index contributed by atoms with van der Waals surface area (Å²) in [5.74, 6) is 5.08. The van der Waals surface area contributed by atoms with Gasteiger partial charge in [0.1, 0.15) is 0 Å². The van der Waals surface area contributed by atoms with Crippen molar-refractivity contribution in [3.8, 4) is 0 Å². The first-order valence-electron chi connectivity index (χ1n) is 8.12. The van der Waals surface area contributed by atoms with Gasteiger partial charge in [0.05, 0.1) is 0 Å². The Morgan fingerprint density at radius 3 is 2.83 bits per heavy atom. The maximum atomic E-state index is 2.56. The number of allylic oxidation sites excluding steroid dienone is 4. The third-order valence-corrected chi connectivity index (χ3v) is 6.80. The van der Waals surface area contributed by atoms with E-state index in [0.717, 1.165) is 29.6 Å². The van der Waals surface area contributed by atoms with Crippen molar-refractivity contribution in [2.24, 2.45) is 35.0 Å². The molecule has 1 unspecified atom stereocenters. The van der Waals surface area contributed by atoms with E-state index >= 15 is 0 Å². The lowest BCUT2D eigenvalue weighted by Crippen LogP contribution is -2.45. The average Bonchev–Trinajstić information content (AvgIpc) is 2.80. The smallest absolute Gasteiger partial charge is 0.0112 e. The van der Waals surface area contributed by atoms with Gasteiger partial charge >= 0.3 is 0 Å². The molecule has 18 heavy (non-hydrogen) atoms. The molecule has 0 bridgehead atoms. The van der Waals surface area contributed by atoms with Gasteiger partial charge in [0.15, 0.2) is 0 Å². The van der Waals surface area contributed by atoms with Gasteiger partial charge in [-0.15, -0.1) is 0 Å². The maximum Gasteiger partial charge on any atom is -0.0112 e. The molecule has 4 rings (SSSR count). The van der Waals surface area contributed by atoms with E-state index in [1.807, 2.05) is 0 Å². The molecule has 0 amide bonds. The molecule has 0 N–H and O–H groups in total. The van der Waals surface area contributed by atoms with Crippen molar-refractivity contribution in [1.29, 1.82) is 0 Å². The summed E-state index contributed by atoms with van der Waals surface area (Å²) in [6.45, 7) is 2.53. The highest BCUT2D eigenvalue weighted by Gasteiger charge is 2.51. The fourth-order valence-electron chi connectivity index (χ4n) is 5.89. The number of hydrogen-bond donors (Lipinski definition) is 0. The fourth-order valence-corrected chi connectivity index (χ4v) is 5.89. The quantitative estimate of drug-likeness (QED) is 0.526. The summed E-state index contributed by atoms with van der Waals surface area (Å²) in [6, 6.07) is 0. The molecule has 0 heterocycles. The maximum absolute atomic E-state index is 2.56. The Labute approximate surface area is 112 Å². The Hall–Kier alpha value is -0.520. The number of fused-ring (bicyclic) bond motifs is 5. The summed E-state index contributed by atoms with van der Waals surface area (Å²) in [4.78, 5) is 0. The van der Waals surface area contributed by atoms with Crippen molar-refractivity contribution in [2.75, 3.05) is 0 Å². The highest BCUT2D eigenvalue weighted by Crippen LogP contribution is 2.59. The molecule has 4 aliphatic rings. The summed E-state index contributed by atoms with van der Waals surface area (Å²) >= 11 is 0. The van der Waals surface area contributed by atoms with Crippen LogP contribution in [0.3, 0.4) is 0 Å². The molecule has 0 aliphatic heterocycles. The van der Waals surface area contributed by atoms with E-state index in [1.54, 1.807) is 0 Å². The molecule has 0 aromatic carbocycles. The molecule has 4 aliphatic carbocycles. The van der Waals surface area contributed by atoms with Gasteiger partial charge in [-0.25, -0.2) is 0 Å². The minimum atomic E-state index is 0.568. The molecule has 0 heteroatoms. The first kappa shape index (κ1) is 11.3. The summed E-state index contributed by atoms with van der Waals surface area (Å²) in [6.07, 6.45) is 20.2. The van der Waals surface area contributed by atoms with Gasteiger partial charge in [-0.05, 0) is 80.0 Å². The van der Waals surface area contributed by atoms with Crippen LogP contribution >= 0.6 is 0 Å². The Balaban J connectivity index is 1.62. The molecular weight excluding hydrogens is 216 g/mol. The van der Waals surface area contributed by atoms with Gasteiger partial charge in [0.2, 0.25) is 0 Å². The third kappa shape index (κ3) is 1.50. The average molecular weight is 242 g/mol. The van der Waals surface area contributed by atoms with Crippen LogP contribution in [0.1, 0.15) is 51.9 Å². The lowest BCUT2D eigenvalue weighted by molar-refractivity contribution is -0.0208. The molecule has 6 atom stereocenters. The van der Waals surface area contributed by atoms with E-state index < -0.39 is 0 Å². The van der Waals surface area contributed by atoms with Gasteiger partial charge in [-0.2, -0.15) is 0 Å². The van der Waals surface area contributed by atoms with Crippen LogP contribution in [-0.4, -0.2) is 0 Å². The highest BCUT2D eigenvalue weighted by molar-refractivity contribution is 5.15. The second-order valence-corrected chi connectivity index (χ2v) is 7.53. The van der Waals surface area contributed by atoms with Crippen molar-refractivity contribution in [3.63, 3.8) is 0 Å². The first-order chi connectivity index (χ1) is 8.78. The van der Waals surface area contributed by atoms with Crippen molar-refractivity contribution < 1.29 is 0 Å². The van der Waals surface area contributed by atoms with E-state index in [2.05, 4.69) is 31.2 Å². The second kappa shape index (κ2) is 3.99. The molecular formula is C18H26. The number of hydrogen-bond acceptors (Lipinski definition) is 0. The van der Waals surface area contributed by atoms with Gasteiger partial charge in [0.25, 0.3) is 0 Å². The predicted octanol–water partition coefficient (Wildman–Crippen LogP) is 4.97. The Bertz CT molecular complexity index is 391. The van der Waals surface area contributed by atoms with Crippen LogP contribution in [0.4, 0.5) is 0 Å². The van der Waals surface area contributed by atoms with Crippen LogP contribution in [0.25, 0.3) is 0 Å². The topological polar surface area (TPSA) is 0 Å². The molecule has 0 saturated heterocycles. The van der Waals surface area contributed by atoms with Gasteiger partial charge < -0.3 is 0 Å². The zero-order valence-corrected chi connectivity index (χ0v) is 11.6. The van der Waals surface area contributed by atoms with E-state index in [9.17, 15) is 0 Å². The zero-order chi connectivity index (χ0) is 12.2. The molecule has 2 fully saturated rings. The Kier molecular flexibility index (Phi) is 2.51. The van der Waals surface area contributed by atoms with Crippen LogP contribution in [0.5, 0.6) is 0 Å². The van der Waals surface area contributed by atoms with Crippen LogP contribution in [0, 0.1) is 35.0 Å². The van der Waals surface area contributed by atoms with Gasteiger partial charge in [-0.3, -0.25) is 0 Å². The lowest BCUT2D eigenvalue weighted by atomic mass is 9.51. The van der Waals surface area contributed by atoms with Gasteiger partial charge in [-0.1, -0.05) is 31.2 Å². The third-order valence-electron chi connectivity index (χ3n) is 6.80. The monoisotopic (exact) mass is 242 g/mol.